The molecule has 3 aromatic rings. The van der Waals surface area contributed by atoms with Crippen LogP contribution in [0.1, 0.15) is 41.6 Å². The number of carbonyl (C=O) groups excluding carboxylic acids is 4. The number of aromatic carboxylic acids is 1. The standard InChI is InChI=1S/C34H25NO8/c1-15-12-25(37)23-14-22-19(29(30(23)31(15)39)28-18-5-3-2-4-16(18)6-11-24(28)36)9-10-21-27(22)33(41)35(32(21)40)17-7-8-20(34(42)43)26(38)13-17/h2-9,11-13,21-22,27,29,36,38H,10,14H2,1H3,(H,42,43). The molecular weight excluding hydrogens is 550 g/mol. The highest BCUT2D eigenvalue weighted by Gasteiger charge is 2.57. The quantitative estimate of drug-likeness (QED) is 0.233. The molecule has 4 unspecified atom stereocenters. The Hall–Kier alpha value is -5.31. The summed E-state index contributed by atoms with van der Waals surface area (Å²) in [4.78, 5) is 67.3. The summed E-state index contributed by atoms with van der Waals surface area (Å²) in [6, 6.07) is 14.3. The monoisotopic (exact) mass is 575 g/mol. The molecule has 4 aliphatic rings. The number of hydrogen-bond donors (Lipinski definition) is 3. The van der Waals surface area contributed by atoms with Crippen molar-refractivity contribution >= 4 is 45.8 Å². The highest BCUT2D eigenvalue weighted by atomic mass is 16.4. The van der Waals surface area contributed by atoms with Gasteiger partial charge in [0.2, 0.25) is 11.8 Å². The van der Waals surface area contributed by atoms with Crippen LogP contribution in [-0.4, -0.2) is 44.7 Å². The van der Waals surface area contributed by atoms with Crippen LogP contribution in [0.2, 0.25) is 0 Å². The summed E-state index contributed by atoms with van der Waals surface area (Å²) in [5.41, 5.74) is 1.73. The molecule has 0 radical (unpaired) electrons. The number of benzene rings is 3. The number of allylic oxidation sites excluding steroid dienone is 6. The van der Waals surface area contributed by atoms with Gasteiger partial charge in [-0.3, -0.25) is 19.2 Å². The van der Waals surface area contributed by atoms with E-state index in [1.54, 1.807) is 19.1 Å². The van der Waals surface area contributed by atoms with Gasteiger partial charge in [-0.2, -0.15) is 0 Å². The zero-order valence-electron chi connectivity index (χ0n) is 22.9. The number of aromatic hydroxyl groups is 2. The molecule has 214 valence electrons. The molecule has 3 N–H and O–H groups in total. The van der Waals surface area contributed by atoms with Gasteiger partial charge in [0.05, 0.1) is 17.5 Å². The summed E-state index contributed by atoms with van der Waals surface area (Å²) >= 11 is 0. The molecule has 3 aromatic carbocycles. The van der Waals surface area contributed by atoms with Crippen molar-refractivity contribution in [1.82, 2.24) is 0 Å². The van der Waals surface area contributed by atoms with Gasteiger partial charge >= 0.3 is 5.97 Å². The molecule has 7 rings (SSSR count). The average molecular weight is 576 g/mol. The van der Waals surface area contributed by atoms with Crippen molar-refractivity contribution in [2.24, 2.45) is 17.8 Å². The lowest BCUT2D eigenvalue weighted by Gasteiger charge is -2.42. The van der Waals surface area contributed by atoms with Gasteiger partial charge in [-0.05, 0) is 60.7 Å². The van der Waals surface area contributed by atoms with Crippen LogP contribution in [0, 0.1) is 17.8 Å². The number of phenolic OH excluding ortho intramolecular Hbond substituents is 1. The largest absolute Gasteiger partial charge is 0.508 e. The van der Waals surface area contributed by atoms with Gasteiger partial charge in [-0.15, -0.1) is 0 Å². The third kappa shape index (κ3) is 3.74. The summed E-state index contributed by atoms with van der Waals surface area (Å²) in [5.74, 6) is -6.65. The Labute approximate surface area is 245 Å². The predicted octanol–water partition coefficient (Wildman–Crippen LogP) is 4.58. The lowest BCUT2D eigenvalue weighted by atomic mass is 9.59. The van der Waals surface area contributed by atoms with Gasteiger partial charge in [-0.1, -0.05) is 42.0 Å². The van der Waals surface area contributed by atoms with Crippen LogP contribution in [0.5, 0.6) is 11.5 Å². The van der Waals surface area contributed by atoms with Gasteiger partial charge in [0.15, 0.2) is 11.6 Å². The molecule has 0 bridgehead atoms. The summed E-state index contributed by atoms with van der Waals surface area (Å²) in [7, 11) is 0. The molecule has 1 saturated heterocycles. The average Bonchev–Trinajstić information content (AvgIpc) is 3.24. The Morgan fingerprint density at radius 1 is 0.907 bits per heavy atom. The number of carboxylic acids is 1. The van der Waals surface area contributed by atoms with Crippen molar-refractivity contribution in [1.29, 1.82) is 0 Å². The Bertz CT molecular complexity index is 1950. The minimum atomic E-state index is -1.35. The van der Waals surface area contributed by atoms with E-state index in [1.807, 2.05) is 30.3 Å². The van der Waals surface area contributed by atoms with E-state index in [0.29, 0.717) is 27.7 Å². The number of ketones is 2. The lowest BCUT2D eigenvalue weighted by molar-refractivity contribution is -0.123. The molecule has 9 heteroatoms. The van der Waals surface area contributed by atoms with E-state index in [-0.39, 0.29) is 47.0 Å². The molecule has 0 saturated carbocycles. The predicted molar refractivity (Wildman–Crippen MR) is 154 cm³/mol. The third-order valence-electron chi connectivity index (χ3n) is 9.27. The van der Waals surface area contributed by atoms with Crippen LogP contribution in [0.15, 0.2) is 89.0 Å². The minimum Gasteiger partial charge on any atom is -0.508 e. The van der Waals surface area contributed by atoms with Crippen LogP contribution in [0.4, 0.5) is 5.69 Å². The number of fused-ring (bicyclic) bond motifs is 4. The second kappa shape index (κ2) is 9.35. The van der Waals surface area contributed by atoms with Crippen LogP contribution >= 0.6 is 0 Å². The van der Waals surface area contributed by atoms with Crippen molar-refractivity contribution in [2.45, 2.75) is 25.7 Å². The first kappa shape index (κ1) is 26.6. The highest BCUT2D eigenvalue weighted by Crippen LogP contribution is 2.57. The number of rotatable bonds is 3. The molecule has 1 heterocycles. The smallest absolute Gasteiger partial charge is 0.339 e. The van der Waals surface area contributed by atoms with Crippen LogP contribution in [0.3, 0.4) is 0 Å². The number of nitrogens with zero attached hydrogens (tertiary/aromatic N) is 1. The molecule has 0 spiro atoms. The maximum atomic E-state index is 14.1. The van der Waals surface area contributed by atoms with Gasteiger partial charge in [0.25, 0.3) is 0 Å². The molecule has 1 aliphatic heterocycles. The molecule has 0 aromatic heterocycles. The number of hydrogen-bond acceptors (Lipinski definition) is 7. The first-order valence-corrected chi connectivity index (χ1v) is 13.9. The van der Waals surface area contributed by atoms with Crippen LogP contribution in [-0.2, 0) is 19.2 Å². The molecule has 43 heavy (non-hydrogen) atoms. The van der Waals surface area contributed by atoms with Crippen LogP contribution < -0.4 is 4.90 Å². The zero-order chi connectivity index (χ0) is 30.3. The van der Waals surface area contributed by atoms with E-state index < -0.39 is 47.2 Å². The van der Waals surface area contributed by atoms with Gasteiger partial charge in [0.1, 0.15) is 17.1 Å². The Morgan fingerprint density at radius 3 is 2.42 bits per heavy atom. The second-order valence-corrected chi connectivity index (χ2v) is 11.5. The van der Waals surface area contributed by atoms with E-state index in [9.17, 15) is 39.3 Å². The fourth-order valence-corrected chi connectivity index (χ4v) is 7.37. The maximum Gasteiger partial charge on any atom is 0.339 e. The Kier molecular flexibility index (Phi) is 5.78. The van der Waals surface area contributed by atoms with E-state index in [1.165, 1.54) is 12.1 Å². The van der Waals surface area contributed by atoms with Gasteiger partial charge in [0, 0.05) is 34.3 Å². The fourth-order valence-electron chi connectivity index (χ4n) is 7.37. The molecule has 3 aliphatic carbocycles. The van der Waals surface area contributed by atoms with Crippen molar-refractivity contribution in [3.8, 4) is 11.5 Å². The summed E-state index contributed by atoms with van der Waals surface area (Å²) in [5, 5.41) is 32.4. The van der Waals surface area contributed by atoms with Gasteiger partial charge < -0.3 is 15.3 Å². The third-order valence-corrected chi connectivity index (χ3v) is 9.27. The topological polar surface area (TPSA) is 149 Å². The zero-order valence-corrected chi connectivity index (χ0v) is 22.9. The Balaban J connectivity index is 1.39. The second-order valence-electron chi connectivity index (χ2n) is 11.5. The first-order valence-electron chi connectivity index (χ1n) is 13.9. The number of Topliss-reactive ketones (excluding diaryl/α,β-unsaturated/α-hetero) is 1. The summed E-state index contributed by atoms with van der Waals surface area (Å²) < 4.78 is 0. The number of imide groups is 1. The molecule has 4 atom stereocenters. The number of phenols is 2. The molecule has 1 fully saturated rings. The van der Waals surface area contributed by atoms with Crippen molar-refractivity contribution in [3.63, 3.8) is 0 Å². The minimum absolute atomic E-state index is 0.0453. The Morgan fingerprint density at radius 2 is 1.67 bits per heavy atom. The first-order chi connectivity index (χ1) is 20.6. The number of amides is 2. The molecule has 2 amide bonds. The number of anilines is 1. The SMILES string of the molecule is CC1=CC(=O)C2=C(C1=O)C(c1c(O)ccc3ccccc13)C1=CCC3C(=O)N(c4ccc(C(=O)O)c(O)c4)C(=O)C3C1C2. The summed E-state index contributed by atoms with van der Waals surface area (Å²) in [6.45, 7) is 1.59. The number of carbonyl (C=O) groups is 5. The van der Waals surface area contributed by atoms with E-state index >= 15 is 0 Å². The van der Waals surface area contributed by atoms with Crippen molar-refractivity contribution in [2.75, 3.05) is 4.90 Å². The normalized spacial score (nSPS) is 24.9. The number of carboxylic acid groups (broad SMARTS) is 1. The summed E-state index contributed by atoms with van der Waals surface area (Å²) in [6.07, 6.45) is 3.44. The maximum absolute atomic E-state index is 14.1. The molecule has 9 nitrogen and oxygen atoms in total. The van der Waals surface area contributed by atoms with Crippen molar-refractivity contribution in [3.05, 3.63) is 100 Å². The van der Waals surface area contributed by atoms with E-state index in [0.717, 1.165) is 22.4 Å². The van der Waals surface area contributed by atoms with Crippen molar-refractivity contribution < 1.29 is 39.3 Å². The van der Waals surface area contributed by atoms with Gasteiger partial charge in [-0.25, -0.2) is 9.69 Å². The lowest BCUT2D eigenvalue weighted by Crippen LogP contribution is -2.40. The highest BCUT2D eigenvalue weighted by molar-refractivity contribution is 6.25. The van der Waals surface area contributed by atoms with Crippen LogP contribution in [0.25, 0.3) is 10.8 Å². The molecular formula is C34H25NO8. The van der Waals surface area contributed by atoms with E-state index in [4.69, 9.17) is 0 Å². The fraction of sp³-hybridized carbons (Fsp3) is 0.206. The van der Waals surface area contributed by atoms with E-state index in [2.05, 4.69) is 0 Å².